The molecule has 0 aromatic heterocycles. The molecule has 4 nitrogen and oxygen atoms in total. The zero-order valence-electron chi connectivity index (χ0n) is 14.0. The number of alkyl halides is 3. The molecule has 1 saturated heterocycles. The van der Waals surface area contributed by atoms with Crippen LogP contribution in [0.15, 0.2) is 42.0 Å². The van der Waals surface area contributed by atoms with Crippen molar-refractivity contribution in [3.8, 4) is 0 Å². The van der Waals surface area contributed by atoms with Gasteiger partial charge in [0, 0.05) is 10.6 Å². The number of thiocarbonyl (C=S) groups is 1. The van der Waals surface area contributed by atoms with Crippen LogP contribution in [0.3, 0.4) is 0 Å². The van der Waals surface area contributed by atoms with Crippen LogP contribution in [0.2, 0.25) is 10.0 Å². The van der Waals surface area contributed by atoms with Crippen molar-refractivity contribution in [3.63, 3.8) is 0 Å². The van der Waals surface area contributed by atoms with Gasteiger partial charge in [0.05, 0.1) is 16.3 Å². The molecule has 0 radical (unpaired) electrons. The first-order valence-corrected chi connectivity index (χ1v) is 8.88. The number of anilines is 1. The van der Waals surface area contributed by atoms with E-state index in [2.05, 4.69) is 5.32 Å². The van der Waals surface area contributed by atoms with Crippen molar-refractivity contribution < 1.29 is 27.2 Å². The lowest BCUT2D eigenvalue weighted by molar-refractivity contribution is -0.137. The second-order valence-electron chi connectivity index (χ2n) is 5.79. The Kier molecular flexibility index (Phi) is 5.66. The fourth-order valence-electron chi connectivity index (χ4n) is 2.52. The second-order valence-corrected chi connectivity index (χ2v) is 7.02. The molecule has 2 amide bonds. The number of nitrogens with one attached hydrogen (secondary N) is 1. The topological polar surface area (TPSA) is 49.4 Å². The molecular weight excluding hydrogens is 455 g/mol. The van der Waals surface area contributed by atoms with Gasteiger partial charge in [-0.3, -0.25) is 19.8 Å². The van der Waals surface area contributed by atoms with E-state index in [4.69, 9.17) is 35.4 Å². The predicted molar refractivity (Wildman–Crippen MR) is 104 cm³/mol. The van der Waals surface area contributed by atoms with Crippen molar-refractivity contribution in [1.82, 2.24) is 5.32 Å². The quantitative estimate of drug-likeness (QED) is 0.296. The molecule has 3 rings (SSSR count). The Labute approximate surface area is 176 Å². The van der Waals surface area contributed by atoms with E-state index in [1.807, 2.05) is 0 Å². The molecule has 0 bridgehead atoms. The van der Waals surface area contributed by atoms with Gasteiger partial charge in [-0.05, 0) is 54.7 Å². The molecule has 0 unspecified atom stereocenters. The summed E-state index contributed by atoms with van der Waals surface area (Å²) in [6.07, 6.45) is -4.11. The third kappa shape index (κ3) is 4.26. The van der Waals surface area contributed by atoms with Crippen molar-refractivity contribution in [3.05, 3.63) is 69.0 Å². The maximum absolute atomic E-state index is 14.3. The molecule has 1 heterocycles. The summed E-state index contributed by atoms with van der Waals surface area (Å²) < 4.78 is 53.3. The van der Waals surface area contributed by atoms with Gasteiger partial charge in [0.25, 0.3) is 11.8 Å². The summed E-state index contributed by atoms with van der Waals surface area (Å²) >= 11 is 16.3. The monoisotopic (exact) mass is 462 g/mol. The standard InChI is InChI=1S/C18H8Cl2F4N2O2S/c19-10-1-3-11(4-2-10)26-16(28)12(15(27)25-17(26)29)6-8-5-9(18(22,23)24)7-13(20)14(8)21/h1-7H,(H,25,27,29). The number of carbonyl (C=O) groups is 2. The molecule has 1 fully saturated rings. The summed E-state index contributed by atoms with van der Waals surface area (Å²) in [5, 5.41) is 1.57. The summed E-state index contributed by atoms with van der Waals surface area (Å²) in [6, 6.07) is 6.70. The predicted octanol–water partition coefficient (Wildman–Crippen LogP) is 4.98. The van der Waals surface area contributed by atoms with Crippen LogP contribution in [0.1, 0.15) is 11.1 Å². The number of nitrogens with zero attached hydrogens (tertiary/aromatic N) is 1. The maximum atomic E-state index is 14.3. The highest BCUT2D eigenvalue weighted by atomic mass is 35.5. The highest BCUT2D eigenvalue weighted by molar-refractivity contribution is 7.80. The average molecular weight is 463 g/mol. The molecule has 29 heavy (non-hydrogen) atoms. The Balaban J connectivity index is 2.10. The van der Waals surface area contributed by atoms with E-state index in [1.54, 1.807) is 0 Å². The van der Waals surface area contributed by atoms with Gasteiger partial charge >= 0.3 is 6.18 Å². The van der Waals surface area contributed by atoms with Crippen molar-refractivity contribution >= 4 is 64.1 Å². The number of amides is 2. The Bertz CT molecular complexity index is 1070. The third-order valence-corrected chi connectivity index (χ3v) is 4.68. The first kappa shape index (κ1) is 21.2. The number of hydrogen-bond acceptors (Lipinski definition) is 3. The maximum Gasteiger partial charge on any atom is 0.416 e. The molecule has 2 aromatic rings. The lowest BCUT2D eigenvalue weighted by Crippen LogP contribution is -2.54. The lowest BCUT2D eigenvalue weighted by atomic mass is 10.0. The zero-order chi connectivity index (χ0) is 21.5. The Hall–Kier alpha value is -2.49. The highest BCUT2D eigenvalue weighted by Gasteiger charge is 2.36. The zero-order valence-corrected chi connectivity index (χ0v) is 16.3. The van der Waals surface area contributed by atoms with Gasteiger partial charge in [-0.2, -0.15) is 13.2 Å². The van der Waals surface area contributed by atoms with Gasteiger partial charge in [-0.25, -0.2) is 4.39 Å². The van der Waals surface area contributed by atoms with E-state index in [0.717, 1.165) is 4.90 Å². The highest BCUT2D eigenvalue weighted by Crippen LogP contribution is 2.34. The second kappa shape index (κ2) is 7.74. The fourth-order valence-corrected chi connectivity index (χ4v) is 3.15. The molecule has 11 heteroatoms. The van der Waals surface area contributed by atoms with Crippen molar-refractivity contribution in [2.45, 2.75) is 6.18 Å². The van der Waals surface area contributed by atoms with E-state index in [9.17, 15) is 27.2 Å². The van der Waals surface area contributed by atoms with Crippen LogP contribution < -0.4 is 10.2 Å². The van der Waals surface area contributed by atoms with Gasteiger partial charge in [-0.1, -0.05) is 23.2 Å². The number of hydrogen-bond donors (Lipinski definition) is 1. The first-order valence-electron chi connectivity index (χ1n) is 7.72. The van der Waals surface area contributed by atoms with Gasteiger partial charge in [-0.15, -0.1) is 0 Å². The minimum atomic E-state index is -4.81. The summed E-state index contributed by atoms with van der Waals surface area (Å²) in [5.74, 6) is -3.15. The van der Waals surface area contributed by atoms with Crippen molar-refractivity contribution in [2.75, 3.05) is 4.90 Å². The molecule has 1 aliphatic heterocycles. The first-order chi connectivity index (χ1) is 13.5. The number of carbonyl (C=O) groups excluding carboxylic acids is 2. The Morgan fingerprint density at radius 2 is 1.69 bits per heavy atom. The minimum Gasteiger partial charge on any atom is -0.298 e. The summed E-state index contributed by atoms with van der Waals surface area (Å²) in [7, 11) is 0. The lowest BCUT2D eigenvalue weighted by Gasteiger charge is -2.29. The van der Waals surface area contributed by atoms with Gasteiger partial charge in [0.1, 0.15) is 11.4 Å². The Morgan fingerprint density at radius 3 is 2.28 bits per heavy atom. The molecule has 0 aliphatic carbocycles. The van der Waals surface area contributed by atoms with Crippen LogP contribution in [-0.2, 0) is 15.8 Å². The smallest absolute Gasteiger partial charge is 0.298 e. The third-order valence-electron chi connectivity index (χ3n) is 3.87. The Morgan fingerprint density at radius 1 is 1.07 bits per heavy atom. The van der Waals surface area contributed by atoms with Gasteiger partial charge < -0.3 is 0 Å². The van der Waals surface area contributed by atoms with E-state index in [0.29, 0.717) is 23.2 Å². The molecule has 150 valence electrons. The molecular formula is C18H8Cl2F4N2O2S. The SMILES string of the molecule is O=C1NC(=S)N(c2ccc(Cl)cc2)C(=O)C1=Cc1cc(C(F)(F)F)cc(Cl)c1F. The average Bonchev–Trinajstić information content (AvgIpc) is 2.62. The van der Waals surface area contributed by atoms with E-state index in [1.165, 1.54) is 24.3 Å². The van der Waals surface area contributed by atoms with Gasteiger partial charge in [0.15, 0.2) is 5.11 Å². The largest absolute Gasteiger partial charge is 0.416 e. The van der Waals surface area contributed by atoms with Crippen LogP contribution in [0.25, 0.3) is 6.08 Å². The van der Waals surface area contributed by atoms with Gasteiger partial charge in [0.2, 0.25) is 0 Å². The fraction of sp³-hybridized carbons (Fsp3) is 0.0556. The number of benzene rings is 2. The number of rotatable bonds is 2. The molecule has 1 N–H and O–H groups in total. The number of halogens is 6. The van der Waals surface area contributed by atoms with E-state index >= 15 is 0 Å². The van der Waals surface area contributed by atoms with Crippen LogP contribution in [0.5, 0.6) is 0 Å². The molecule has 0 atom stereocenters. The summed E-state index contributed by atoms with van der Waals surface area (Å²) in [5.41, 5.74) is -2.28. The molecule has 0 saturated carbocycles. The van der Waals surface area contributed by atoms with Crippen LogP contribution in [0, 0.1) is 5.82 Å². The van der Waals surface area contributed by atoms with Crippen molar-refractivity contribution in [2.24, 2.45) is 0 Å². The normalized spacial score (nSPS) is 16.4. The van der Waals surface area contributed by atoms with E-state index in [-0.39, 0.29) is 10.8 Å². The molecule has 0 spiro atoms. The van der Waals surface area contributed by atoms with Crippen LogP contribution >= 0.6 is 35.4 Å². The molecule has 2 aromatic carbocycles. The summed E-state index contributed by atoms with van der Waals surface area (Å²) in [4.78, 5) is 26.0. The van der Waals surface area contributed by atoms with Crippen molar-refractivity contribution in [1.29, 1.82) is 0 Å². The van der Waals surface area contributed by atoms with Crippen LogP contribution in [0.4, 0.5) is 23.2 Å². The summed E-state index contributed by atoms with van der Waals surface area (Å²) in [6.45, 7) is 0. The minimum absolute atomic E-state index is 0.248. The molecule has 1 aliphatic rings. The van der Waals surface area contributed by atoms with Crippen LogP contribution in [-0.4, -0.2) is 16.9 Å². The van der Waals surface area contributed by atoms with E-state index < -0.39 is 45.5 Å².